The van der Waals surface area contributed by atoms with Gasteiger partial charge in [0.15, 0.2) is 35.4 Å². The normalized spacial score (nSPS) is 37.7. The van der Waals surface area contributed by atoms with Gasteiger partial charge in [-0.2, -0.15) is 4.98 Å². The van der Waals surface area contributed by atoms with Gasteiger partial charge in [-0.05, 0) is 6.07 Å². The molecule has 2 bridgehead atoms. The van der Waals surface area contributed by atoms with Gasteiger partial charge in [0.1, 0.15) is 36.0 Å². The summed E-state index contributed by atoms with van der Waals surface area (Å²) in [6.45, 7) is -1.80. The number of imidazole rings is 2. The molecule has 4 unspecified atom stereocenters. The highest BCUT2D eigenvalue weighted by atomic mass is 31.2. The third kappa shape index (κ3) is 5.32. The smallest absolute Gasteiger partial charge is 0.397 e. The lowest BCUT2D eigenvalue weighted by molar-refractivity contribution is -0.0671. The topological polar surface area (TPSA) is 297 Å². The number of nitrogen functional groups attached to an aromatic ring is 2. The van der Waals surface area contributed by atoms with Crippen LogP contribution in [0.15, 0.2) is 29.7 Å². The van der Waals surface area contributed by atoms with E-state index in [1.54, 1.807) is 0 Å². The summed E-state index contributed by atoms with van der Waals surface area (Å²) in [6.07, 6.45) is -10.1. The fraction of sp³-hybridized carbons (Fsp3) is 0.476. The Hall–Kier alpha value is -3.40. The number of nitrogens with zero attached hydrogens (tertiary/aromatic N) is 6. The van der Waals surface area contributed by atoms with E-state index in [0.717, 1.165) is 10.9 Å². The van der Waals surface area contributed by atoms with E-state index in [0.29, 0.717) is 0 Å². The van der Waals surface area contributed by atoms with E-state index < -0.39 is 83.6 Å². The number of aliphatic hydroxyl groups is 1. The van der Waals surface area contributed by atoms with Crippen molar-refractivity contribution in [3.8, 4) is 0 Å². The second kappa shape index (κ2) is 10.9. The Balaban J connectivity index is 1.21. The van der Waals surface area contributed by atoms with Gasteiger partial charge in [0, 0.05) is 6.20 Å². The molecule has 0 aromatic carbocycles. The molecule has 3 saturated heterocycles. The predicted octanol–water partition coefficient (Wildman–Crippen LogP) is -0.759. The standard InChI is InChI=1S/C21H24FN9O12P2/c22-10-8-3-38-44(34,35)42-14-9(41-19(13(14)32)30-5-26-11-7(23)1-2-25-16(11)30)4-39-45(36,37)43-15(10)20(40-8)31-6-27-12-17(31)28-21(24)29-18(12)33/h1-2,5-6,8-10,13-15,19-20,32H,3-4H2,(H2,23,25)(H,34,35)(H,36,37)(H3,24,28,29,33)/t8-,9-,10+,13?,14+,15?,19-,20-/m1/s1. The Morgan fingerprint density at radius 2 is 1.53 bits per heavy atom. The van der Waals surface area contributed by atoms with E-state index in [9.17, 15) is 28.8 Å². The molecule has 3 fully saturated rings. The molecule has 21 nitrogen and oxygen atoms in total. The number of pyridine rings is 1. The minimum absolute atomic E-state index is 0.180. The molecule has 0 spiro atoms. The van der Waals surface area contributed by atoms with Crippen molar-refractivity contribution in [2.45, 2.75) is 49.1 Å². The van der Waals surface area contributed by atoms with Crippen molar-refractivity contribution in [3.63, 3.8) is 0 Å². The molecule has 0 radical (unpaired) electrons. The number of aliphatic hydroxyl groups excluding tert-OH is 1. The number of hydrogen-bond acceptors (Lipinski definition) is 16. The maximum absolute atomic E-state index is 15.7. The first kappa shape index (κ1) is 30.3. The molecule has 3 aliphatic rings. The number of anilines is 2. The number of phosphoric acid groups is 2. The molecule has 0 saturated carbocycles. The Morgan fingerprint density at radius 1 is 0.911 bits per heavy atom. The molecule has 8 N–H and O–H groups in total. The second-order valence-corrected chi connectivity index (χ2v) is 13.0. The first-order valence-electron chi connectivity index (χ1n) is 13.1. The molecule has 0 amide bonds. The summed E-state index contributed by atoms with van der Waals surface area (Å²) in [5.74, 6) is -0.312. The van der Waals surface area contributed by atoms with Crippen LogP contribution in [0.25, 0.3) is 22.3 Å². The molecule has 45 heavy (non-hydrogen) atoms. The molecular weight excluding hydrogens is 651 g/mol. The molecule has 10 atom stereocenters. The number of ether oxygens (including phenoxy) is 2. The average molecular weight is 675 g/mol. The predicted molar refractivity (Wildman–Crippen MR) is 145 cm³/mol. The third-order valence-electron chi connectivity index (χ3n) is 7.38. The van der Waals surface area contributed by atoms with Gasteiger partial charge < -0.3 is 35.8 Å². The van der Waals surface area contributed by atoms with Crippen molar-refractivity contribution in [1.82, 2.24) is 34.1 Å². The third-order valence-corrected chi connectivity index (χ3v) is 9.35. The van der Waals surface area contributed by atoms with Crippen LogP contribution in [-0.4, -0.2) is 98.9 Å². The second-order valence-electron chi connectivity index (χ2n) is 10.2. The van der Waals surface area contributed by atoms with Crippen molar-refractivity contribution < 1.29 is 56.0 Å². The van der Waals surface area contributed by atoms with Gasteiger partial charge in [-0.25, -0.2) is 28.5 Å². The largest absolute Gasteiger partial charge is 0.472 e. The highest BCUT2D eigenvalue weighted by molar-refractivity contribution is 7.47. The number of hydrogen-bond donors (Lipinski definition) is 6. The summed E-state index contributed by atoms with van der Waals surface area (Å²) >= 11 is 0. The van der Waals surface area contributed by atoms with Gasteiger partial charge in [-0.15, -0.1) is 0 Å². The average Bonchev–Trinajstić information content (AvgIpc) is 3.72. The zero-order valence-electron chi connectivity index (χ0n) is 22.5. The summed E-state index contributed by atoms with van der Waals surface area (Å²) in [5.41, 5.74) is 11.2. The van der Waals surface area contributed by atoms with Crippen LogP contribution in [0.2, 0.25) is 0 Å². The van der Waals surface area contributed by atoms with Gasteiger partial charge in [-0.1, -0.05) is 0 Å². The number of halogens is 1. The lowest BCUT2D eigenvalue weighted by Gasteiger charge is -2.25. The van der Waals surface area contributed by atoms with E-state index in [1.165, 1.54) is 23.2 Å². The summed E-state index contributed by atoms with van der Waals surface area (Å²) in [7, 11) is -10.3. The zero-order chi connectivity index (χ0) is 31.8. The first-order chi connectivity index (χ1) is 21.3. The maximum atomic E-state index is 15.7. The summed E-state index contributed by atoms with van der Waals surface area (Å²) in [5, 5.41) is 11.1. The van der Waals surface area contributed by atoms with Gasteiger partial charge in [0.2, 0.25) is 5.95 Å². The summed E-state index contributed by atoms with van der Waals surface area (Å²) in [6, 6.07) is 1.50. The monoisotopic (exact) mass is 675 g/mol. The lowest BCUT2D eigenvalue weighted by Crippen LogP contribution is -2.36. The van der Waals surface area contributed by atoms with Crippen molar-refractivity contribution >= 4 is 49.6 Å². The quantitative estimate of drug-likeness (QED) is 0.142. The van der Waals surface area contributed by atoms with Gasteiger partial charge in [0.05, 0.1) is 31.6 Å². The first-order valence-corrected chi connectivity index (χ1v) is 16.0. The van der Waals surface area contributed by atoms with E-state index in [4.69, 9.17) is 39.0 Å². The van der Waals surface area contributed by atoms with Crippen LogP contribution in [0.1, 0.15) is 12.5 Å². The van der Waals surface area contributed by atoms with Crippen molar-refractivity contribution in [1.29, 1.82) is 0 Å². The van der Waals surface area contributed by atoms with Crippen LogP contribution < -0.4 is 17.0 Å². The molecule has 4 aromatic rings. The van der Waals surface area contributed by atoms with Gasteiger partial charge in [-0.3, -0.25) is 37.0 Å². The number of H-pyrrole nitrogens is 1. The van der Waals surface area contributed by atoms with Crippen LogP contribution in [0.4, 0.5) is 16.0 Å². The Morgan fingerprint density at radius 3 is 2.27 bits per heavy atom. The molecule has 3 aliphatic heterocycles. The van der Waals surface area contributed by atoms with E-state index >= 15 is 4.39 Å². The fourth-order valence-electron chi connectivity index (χ4n) is 5.35. The number of aromatic nitrogens is 7. The minimum Gasteiger partial charge on any atom is -0.397 e. The Labute approximate surface area is 249 Å². The van der Waals surface area contributed by atoms with Gasteiger partial charge in [0.25, 0.3) is 5.56 Å². The highest BCUT2D eigenvalue weighted by Gasteiger charge is 2.54. The van der Waals surface area contributed by atoms with Crippen molar-refractivity contribution in [2.24, 2.45) is 0 Å². The van der Waals surface area contributed by atoms with Crippen LogP contribution >= 0.6 is 15.6 Å². The fourth-order valence-corrected chi connectivity index (χ4v) is 7.24. The number of phosphoric ester groups is 2. The maximum Gasteiger partial charge on any atom is 0.472 e. The molecular formula is C21H24FN9O12P2. The van der Waals surface area contributed by atoms with Crippen LogP contribution in [0.5, 0.6) is 0 Å². The Bertz CT molecular complexity index is 1940. The van der Waals surface area contributed by atoms with Crippen molar-refractivity contribution in [2.75, 3.05) is 24.7 Å². The number of nitrogens with one attached hydrogen (secondary N) is 1. The number of nitrogens with two attached hydrogens (primary N) is 2. The van der Waals surface area contributed by atoms with E-state index in [-0.39, 0.29) is 34.0 Å². The number of aromatic amines is 1. The van der Waals surface area contributed by atoms with E-state index in [2.05, 4.69) is 24.9 Å². The molecule has 24 heteroatoms. The molecule has 7 rings (SSSR count). The zero-order valence-corrected chi connectivity index (χ0v) is 24.3. The molecule has 7 heterocycles. The molecule has 4 aromatic heterocycles. The number of rotatable bonds is 2. The highest BCUT2D eigenvalue weighted by Crippen LogP contribution is 2.54. The minimum atomic E-state index is -5.19. The SMILES string of the molecule is Nc1nc2c(ncn2[C@@H]2O[C@@H]3COP(=O)(O)O[C@@H]4C(O)[C@H](n5cnc6c(N)ccnc65)O[C@@H]4COP(=O)(O)OC2[C@H]3F)c(=O)[nH]1. The number of fused-ring (bicyclic) bond motifs is 5. The summed E-state index contributed by atoms with van der Waals surface area (Å²) < 4.78 is 76.2. The van der Waals surface area contributed by atoms with Crippen LogP contribution in [0.3, 0.4) is 0 Å². The summed E-state index contributed by atoms with van der Waals surface area (Å²) in [4.78, 5) is 51.9. The van der Waals surface area contributed by atoms with Crippen LogP contribution in [-0.2, 0) is 36.7 Å². The van der Waals surface area contributed by atoms with Crippen molar-refractivity contribution in [3.05, 3.63) is 35.3 Å². The molecule has 242 valence electrons. The lowest BCUT2D eigenvalue weighted by atomic mass is 10.1. The number of alkyl halides is 1. The Kier molecular flexibility index (Phi) is 7.30. The van der Waals surface area contributed by atoms with Gasteiger partial charge >= 0.3 is 15.6 Å². The molecule has 0 aliphatic carbocycles. The van der Waals surface area contributed by atoms with Crippen LogP contribution in [0, 0.1) is 0 Å². The van der Waals surface area contributed by atoms with E-state index in [1.807, 2.05) is 0 Å².